The molecular weight excluding hydrogens is 342 g/mol. The van der Waals surface area contributed by atoms with Crippen LogP contribution in [0.2, 0.25) is 5.02 Å². The van der Waals surface area contributed by atoms with Gasteiger partial charge in [0.25, 0.3) is 0 Å². The largest absolute Gasteiger partial charge is 0.493 e. The summed E-state index contributed by atoms with van der Waals surface area (Å²) >= 11 is 6.20. The van der Waals surface area contributed by atoms with Crippen molar-refractivity contribution in [1.29, 1.82) is 5.26 Å². The first-order valence-corrected chi connectivity index (χ1v) is 8.14. The SMILES string of the molecule is CCCOc1c(Cl)cc(C(=O)OCc2ccccc2C#N)cc1OC. The van der Waals surface area contributed by atoms with Gasteiger partial charge in [0.15, 0.2) is 11.5 Å². The highest BCUT2D eigenvalue weighted by atomic mass is 35.5. The number of hydrogen-bond acceptors (Lipinski definition) is 5. The van der Waals surface area contributed by atoms with Gasteiger partial charge in [0.2, 0.25) is 0 Å². The van der Waals surface area contributed by atoms with Crippen LogP contribution in [-0.4, -0.2) is 19.7 Å². The van der Waals surface area contributed by atoms with E-state index in [2.05, 4.69) is 6.07 Å². The number of halogens is 1. The van der Waals surface area contributed by atoms with Crippen molar-refractivity contribution >= 4 is 17.6 Å². The standard InChI is InChI=1S/C19H18ClNO4/c1-3-8-24-18-16(20)9-15(10-17(18)23-2)19(22)25-12-14-7-5-4-6-13(14)11-21/h4-7,9-10H,3,8,12H2,1-2H3. The number of rotatable bonds is 7. The molecule has 0 aliphatic carbocycles. The number of ether oxygens (including phenoxy) is 3. The molecule has 0 radical (unpaired) electrons. The van der Waals surface area contributed by atoms with Gasteiger partial charge in [-0.1, -0.05) is 36.7 Å². The highest BCUT2D eigenvalue weighted by Gasteiger charge is 2.17. The highest BCUT2D eigenvalue weighted by Crippen LogP contribution is 2.36. The third kappa shape index (κ3) is 4.65. The van der Waals surface area contributed by atoms with Crippen LogP contribution in [0.4, 0.5) is 0 Å². The predicted octanol–water partition coefficient (Wildman–Crippen LogP) is 4.37. The number of methoxy groups -OCH3 is 1. The molecule has 0 saturated heterocycles. The third-order valence-electron chi connectivity index (χ3n) is 3.41. The summed E-state index contributed by atoms with van der Waals surface area (Å²) < 4.78 is 16.1. The van der Waals surface area contributed by atoms with E-state index in [0.717, 1.165) is 6.42 Å². The molecule has 130 valence electrons. The van der Waals surface area contributed by atoms with Crippen LogP contribution in [0.1, 0.15) is 34.8 Å². The average molecular weight is 360 g/mol. The first-order chi connectivity index (χ1) is 12.1. The van der Waals surface area contributed by atoms with E-state index in [1.165, 1.54) is 19.2 Å². The minimum absolute atomic E-state index is 0.00339. The summed E-state index contributed by atoms with van der Waals surface area (Å²) in [6.45, 7) is 2.46. The zero-order valence-corrected chi connectivity index (χ0v) is 14.8. The molecule has 0 fully saturated rings. The molecule has 2 rings (SSSR count). The monoisotopic (exact) mass is 359 g/mol. The maximum Gasteiger partial charge on any atom is 0.338 e. The average Bonchev–Trinajstić information content (AvgIpc) is 2.64. The van der Waals surface area contributed by atoms with Crippen molar-refractivity contribution < 1.29 is 19.0 Å². The molecule has 0 aliphatic rings. The number of benzene rings is 2. The number of carbonyl (C=O) groups is 1. The second kappa shape index (κ2) is 8.95. The van der Waals surface area contributed by atoms with Gasteiger partial charge >= 0.3 is 5.97 Å². The van der Waals surface area contributed by atoms with E-state index in [-0.39, 0.29) is 17.2 Å². The molecule has 0 bridgehead atoms. The van der Waals surface area contributed by atoms with E-state index in [1.54, 1.807) is 24.3 Å². The summed E-state index contributed by atoms with van der Waals surface area (Å²) in [4.78, 5) is 12.3. The zero-order chi connectivity index (χ0) is 18.2. The van der Waals surface area contributed by atoms with Crippen molar-refractivity contribution in [1.82, 2.24) is 0 Å². The Morgan fingerprint density at radius 1 is 1.28 bits per heavy atom. The Hall–Kier alpha value is -2.71. The van der Waals surface area contributed by atoms with Crippen LogP contribution < -0.4 is 9.47 Å². The summed E-state index contributed by atoms with van der Waals surface area (Å²) in [6, 6.07) is 12.0. The molecule has 0 aromatic heterocycles. The maximum atomic E-state index is 12.3. The molecule has 0 N–H and O–H groups in total. The fourth-order valence-electron chi connectivity index (χ4n) is 2.16. The lowest BCUT2D eigenvalue weighted by atomic mass is 10.1. The van der Waals surface area contributed by atoms with Gasteiger partial charge in [-0.05, 0) is 24.6 Å². The van der Waals surface area contributed by atoms with Crippen LogP contribution >= 0.6 is 11.6 Å². The second-order valence-corrected chi connectivity index (χ2v) is 5.59. The van der Waals surface area contributed by atoms with E-state index in [1.807, 2.05) is 6.92 Å². The van der Waals surface area contributed by atoms with Crippen molar-refractivity contribution in [2.24, 2.45) is 0 Å². The van der Waals surface area contributed by atoms with Gasteiger partial charge in [-0.3, -0.25) is 0 Å². The first-order valence-electron chi connectivity index (χ1n) is 7.76. The Bertz CT molecular complexity index is 798. The molecule has 0 aliphatic heterocycles. The van der Waals surface area contributed by atoms with Crippen LogP contribution in [0.15, 0.2) is 36.4 Å². The number of esters is 1. The van der Waals surface area contributed by atoms with Crippen molar-refractivity contribution in [3.05, 3.63) is 58.1 Å². The Morgan fingerprint density at radius 3 is 2.72 bits per heavy atom. The number of hydrogen-bond donors (Lipinski definition) is 0. The molecule has 2 aromatic carbocycles. The summed E-state index contributed by atoms with van der Waals surface area (Å²) in [5.74, 6) is 0.206. The fourth-order valence-corrected chi connectivity index (χ4v) is 2.43. The first kappa shape index (κ1) is 18.6. The van der Waals surface area contributed by atoms with Gasteiger partial charge in [-0.15, -0.1) is 0 Å². The molecule has 5 nitrogen and oxygen atoms in total. The highest BCUT2D eigenvalue weighted by molar-refractivity contribution is 6.32. The summed E-state index contributed by atoms with van der Waals surface area (Å²) in [5, 5.41) is 9.34. The molecule has 2 aromatic rings. The quantitative estimate of drug-likeness (QED) is 0.687. The van der Waals surface area contributed by atoms with Crippen molar-refractivity contribution in [2.45, 2.75) is 20.0 Å². The van der Waals surface area contributed by atoms with E-state index in [9.17, 15) is 4.79 Å². The Morgan fingerprint density at radius 2 is 2.04 bits per heavy atom. The predicted molar refractivity (Wildman–Crippen MR) is 94.1 cm³/mol. The van der Waals surface area contributed by atoms with Crippen LogP contribution in [0.3, 0.4) is 0 Å². The van der Waals surface area contributed by atoms with Crippen LogP contribution in [0.25, 0.3) is 0 Å². The van der Waals surface area contributed by atoms with E-state index in [0.29, 0.717) is 29.2 Å². The Labute approximate surface area is 151 Å². The minimum atomic E-state index is -0.560. The molecule has 6 heteroatoms. The minimum Gasteiger partial charge on any atom is -0.493 e. The van der Waals surface area contributed by atoms with Gasteiger partial charge in [-0.2, -0.15) is 5.26 Å². The van der Waals surface area contributed by atoms with Gasteiger partial charge in [0.1, 0.15) is 6.61 Å². The molecule has 0 atom stereocenters. The number of carbonyl (C=O) groups excluding carboxylic acids is 1. The van der Waals surface area contributed by atoms with Crippen LogP contribution in [0, 0.1) is 11.3 Å². The van der Waals surface area contributed by atoms with E-state index < -0.39 is 5.97 Å². The second-order valence-electron chi connectivity index (χ2n) is 5.18. The van der Waals surface area contributed by atoms with E-state index >= 15 is 0 Å². The molecule has 25 heavy (non-hydrogen) atoms. The van der Waals surface area contributed by atoms with E-state index in [4.69, 9.17) is 31.1 Å². The zero-order valence-electron chi connectivity index (χ0n) is 14.0. The van der Waals surface area contributed by atoms with Crippen molar-refractivity contribution in [3.8, 4) is 17.6 Å². The third-order valence-corrected chi connectivity index (χ3v) is 3.69. The molecule has 0 unspecified atom stereocenters. The summed E-state index contributed by atoms with van der Waals surface area (Å²) in [6.07, 6.45) is 0.821. The van der Waals surface area contributed by atoms with Crippen LogP contribution in [0.5, 0.6) is 11.5 Å². The van der Waals surface area contributed by atoms with Gasteiger partial charge in [0, 0.05) is 5.56 Å². The molecule has 0 spiro atoms. The van der Waals surface area contributed by atoms with Crippen molar-refractivity contribution in [3.63, 3.8) is 0 Å². The Balaban J connectivity index is 2.16. The summed E-state index contributed by atoms with van der Waals surface area (Å²) in [5.41, 5.74) is 1.36. The van der Waals surface area contributed by atoms with Crippen molar-refractivity contribution in [2.75, 3.05) is 13.7 Å². The topological polar surface area (TPSA) is 68.5 Å². The van der Waals surface area contributed by atoms with Gasteiger partial charge in [-0.25, -0.2) is 4.79 Å². The van der Waals surface area contributed by atoms with Crippen LogP contribution in [-0.2, 0) is 11.3 Å². The normalized spacial score (nSPS) is 10.0. The lowest BCUT2D eigenvalue weighted by Gasteiger charge is -2.13. The molecule has 0 saturated carbocycles. The number of nitriles is 1. The Kier molecular flexibility index (Phi) is 6.67. The van der Waals surface area contributed by atoms with Gasteiger partial charge in [0.05, 0.1) is 35.9 Å². The lowest BCUT2D eigenvalue weighted by molar-refractivity contribution is 0.0472. The smallest absolute Gasteiger partial charge is 0.338 e. The van der Waals surface area contributed by atoms with Gasteiger partial charge < -0.3 is 14.2 Å². The maximum absolute atomic E-state index is 12.3. The number of nitrogens with zero attached hydrogens (tertiary/aromatic N) is 1. The fraction of sp³-hybridized carbons (Fsp3) is 0.263. The summed E-state index contributed by atoms with van der Waals surface area (Å²) in [7, 11) is 1.47. The lowest BCUT2D eigenvalue weighted by Crippen LogP contribution is -2.07. The molecule has 0 heterocycles. The molecule has 0 amide bonds. The molecular formula is C19H18ClNO4.